The Labute approximate surface area is 120 Å². The summed E-state index contributed by atoms with van der Waals surface area (Å²) in [5, 5.41) is 9.34. The van der Waals surface area contributed by atoms with Crippen molar-refractivity contribution in [3.63, 3.8) is 0 Å². The van der Waals surface area contributed by atoms with Crippen LogP contribution in [0.4, 0.5) is 14.9 Å². The van der Waals surface area contributed by atoms with Crippen LogP contribution < -0.4 is 10.6 Å². The number of carbonyl (C=O) groups excluding carboxylic acids is 1. The molecule has 1 aromatic heterocycles. The van der Waals surface area contributed by atoms with Crippen molar-refractivity contribution in [1.29, 1.82) is 0 Å². The van der Waals surface area contributed by atoms with Crippen LogP contribution in [0.1, 0.15) is 12.6 Å². The molecule has 106 valence electrons. The van der Waals surface area contributed by atoms with Gasteiger partial charge in [0.2, 0.25) is 0 Å². The molecule has 2 rings (SSSR count). The number of halogens is 2. The SMILES string of the molecule is CCn1nccc1CNC(=O)Nc1ccc(F)c(Cl)c1. The first-order valence-corrected chi connectivity index (χ1v) is 6.48. The molecule has 0 unspecified atom stereocenters. The van der Waals surface area contributed by atoms with Gasteiger partial charge in [-0.2, -0.15) is 5.10 Å². The Balaban J connectivity index is 1.91. The maximum atomic E-state index is 13.0. The standard InChI is InChI=1S/C13H14ClFN4O/c1-2-19-10(5-6-17-19)8-16-13(20)18-9-3-4-12(15)11(14)7-9/h3-7H,2,8H2,1H3,(H2,16,18,20). The Morgan fingerprint density at radius 1 is 1.45 bits per heavy atom. The highest BCUT2D eigenvalue weighted by Gasteiger charge is 2.06. The van der Waals surface area contributed by atoms with Gasteiger partial charge in [-0.3, -0.25) is 4.68 Å². The Bertz CT molecular complexity index is 614. The average Bonchev–Trinajstić information content (AvgIpc) is 2.88. The molecule has 0 atom stereocenters. The lowest BCUT2D eigenvalue weighted by molar-refractivity contribution is 0.251. The number of amides is 2. The van der Waals surface area contributed by atoms with E-state index in [1.165, 1.54) is 18.2 Å². The van der Waals surface area contributed by atoms with Crippen LogP contribution in [0.5, 0.6) is 0 Å². The summed E-state index contributed by atoms with van der Waals surface area (Å²) in [5.41, 5.74) is 1.33. The Morgan fingerprint density at radius 2 is 2.25 bits per heavy atom. The molecule has 20 heavy (non-hydrogen) atoms. The third-order valence-electron chi connectivity index (χ3n) is 2.71. The van der Waals surface area contributed by atoms with E-state index in [1.807, 2.05) is 13.0 Å². The molecular formula is C13H14ClFN4O. The highest BCUT2D eigenvalue weighted by Crippen LogP contribution is 2.19. The fourth-order valence-corrected chi connectivity index (χ4v) is 1.90. The number of benzene rings is 1. The topological polar surface area (TPSA) is 59.0 Å². The van der Waals surface area contributed by atoms with Crippen LogP contribution in [0.2, 0.25) is 5.02 Å². The molecule has 1 heterocycles. The maximum absolute atomic E-state index is 13.0. The van der Waals surface area contributed by atoms with E-state index in [0.717, 1.165) is 12.2 Å². The van der Waals surface area contributed by atoms with Crippen LogP contribution >= 0.6 is 11.6 Å². The van der Waals surface area contributed by atoms with Crippen molar-refractivity contribution < 1.29 is 9.18 Å². The van der Waals surface area contributed by atoms with Gasteiger partial charge >= 0.3 is 6.03 Å². The van der Waals surface area contributed by atoms with Gasteiger partial charge in [-0.1, -0.05) is 11.6 Å². The van der Waals surface area contributed by atoms with Crippen molar-refractivity contribution in [2.24, 2.45) is 0 Å². The molecule has 5 nitrogen and oxygen atoms in total. The first-order chi connectivity index (χ1) is 9.60. The summed E-state index contributed by atoms with van der Waals surface area (Å²) >= 11 is 5.64. The molecule has 7 heteroatoms. The van der Waals surface area contributed by atoms with Gasteiger partial charge in [-0.05, 0) is 31.2 Å². The molecule has 0 saturated heterocycles. The number of aryl methyl sites for hydroxylation is 1. The first-order valence-electron chi connectivity index (χ1n) is 6.10. The molecule has 2 amide bonds. The summed E-state index contributed by atoms with van der Waals surface area (Å²) in [6, 6.07) is 5.43. The van der Waals surface area contributed by atoms with Gasteiger partial charge in [0, 0.05) is 18.4 Å². The molecule has 2 N–H and O–H groups in total. The summed E-state index contributed by atoms with van der Waals surface area (Å²) in [6.07, 6.45) is 1.68. The van der Waals surface area contributed by atoms with Crippen LogP contribution in [0.3, 0.4) is 0 Å². The lowest BCUT2D eigenvalue weighted by Crippen LogP contribution is -2.29. The van der Waals surface area contributed by atoms with E-state index in [4.69, 9.17) is 11.6 Å². The Hall–Kier alpha value is -2.08. The number of nitrogens with zero attached hydrogens (tertiary/aromatic N) is 2. The van der Waals surface area contributed by atoms with E-state index in [9.17, 15) is 9.18 Å². The van der Waals surface area contributed by atoms with Crippen molar-refractivity contribution in [1.82, 2.24) is 15.1 Å². The second-order valence-corrected chi connectivity index (χ2v) is 4.48. The normalized spacial score (nSPS) is 10.3. The third kappa shape index (κ3) is 3.48. The number of aromatic nitrogens is 2. The lowest BCUT2D eigenvalue weighted by Gasteiger charge is -2.09. The Kier molecular flexibility index (Phi) is 4.57. The molecule has 0 radical (unpaired) electrons. The van der Waals surface area contributed by atoms with Gasteiger partial charge in [0.15, 0.2) is 0 Å². The van der Waals surface area contributed by atoms with E-state index >= 15 is 0 Å². The summed E-state index contributed by atoms with van der Waals surface area (Å²) in [6.45, 7) is 3.06. The van der Waals surface area contributed by atoms with Gasteiger partial charge in [0.25, 0.3) is 0 Å². The number of rotatable bonds is 4. The average molecular weight is 297 g/mol. The molecule has 0 fully saturated rings. The minimum atomic E-state index is -0.524. The molecular weight excluding hydrogens is 283 g/mol. The van der Waals surface area contributed by atoms with E-state index < -0.39 is 11.8 Å². The van der Waals surface area contributed by atoms with Crippen molar-refractivity contribution in [3.05, 3.63) is 47.0 Å². The monoisotopic (exact) mass is 296 g/mol. The molecule has 1 aromatic carbocycles. The zero-order valence-corrected chi connectivity index (χ0v) is 11.6. The van der Waals surface area contributed by atoms with Crippen LogP contribution in [-0.2, 0) is 13.1 Å². The van der Waals surface area contributed by atoms with E-state index in [-0.39, 0.29) is 5.02 Å². The third-order valence-corrected chi connectivity index (χ3v) is 3.00. The predicted octanol–water partition coefficient (Wildman–Crippen LogP) is 3.02. The summed E-state index contributed by atoms with van der Waals surface area (Å²) in [5.74, 6) is -0.524. The zero-order valence-electron chi connectivity index (χ0n) is 10.9. The van der Waals surface area contributed by atoms with Crippen LogP contribution in [-0.4, -0.2) is 15.8 Å². The highest BCUT2D eigenvalue weighted by atomic mass is 35.5. The smallest absolute Gasteiger partial charge is 0.319 e. The predicted molar refractivity (Wildman–Crippen MR) is 75.2 cm³/mol. The maximum Gasteiger partial charge on any atom is 0.319 e. The minimum absolute atomic E-state index is 0.0353. The minimum Gasteiger partial charge on any atom is -0.332 e. The van der Waals surface area contributed by atoms with Gasteiger partial charge in [-0.15, -0.1) is 0 Å². The van der Waals surface area contributed by atoms with Gasteiger partial charge in [-0.25, -0.2) is 9.18 Å². The number of carbonyl (C=O) groups is 1. The molecule has 0 bridgehead atoms. The largest absolute Gasteiger partial charge is 0.332 e. The number of urea groups is 1. The fourth-order valence-electron chi connectivity index (χ4n) is 1.71. The molecule has 0 aliphatic rings. The second-order valence-electron chi connectivity index (χ2n) is 4.07. The second kappa shape index (κ2) is 6.38. The highest BCUT2D eigenvalue weighted by molar-refractivity contribution is 6.31. The van der Waals surface area contributed by atoms with Crippen molar-refractivity contribution in [3.8, 4) is 0 Å². The summed E-state index contributed by atoms with van der Waals surface area (Å²) in [7, 11) is 0. The summed E-state index contributed by atoms with van der Waals surface area (Å²) < 4.78 is 14.8. The van der Waals surface area contributed by atoms with E-state index in [1.54, 1.807) is 10.9 Å². The molecule has 2 aromatic rings. The number of hydrogen-bond acceptors (Lipinski definition) is 2. The van der Waals surface area contributed by atoms with Crippen molar-refractivity contribution in [2.75, 3.05) is 5.32 Å². The molecule has 0 aliphatic heterocycles. The number of nitrogens with one attached hydrogen (secondary N) is 2. The van der Waals surface area contributed by atoms with Gasteiger partial charge in [0.05, 0.1) is 17.3 Å². The van der Waals surface area contributed by atoms with Crippen LogP contribution in [0, 0.1) is 5.82 Å². The van der Waals surface area contributed by atoms with E-state index in [2.05, 4.69) is 15.7 Å². The quantitative estimate of drug-likeness (QED) is 0.911. The molecule has 0 aliphatic carbocycles. The summed E-state index contributed by atoms with van der Waals surface area (Å²) in [4.78, 5) is 11.7. The van der Waals surface area contributed by atoms with Gasteiger partial charge in [0.1, 0.15) is 5.82 Å². The molecule has 0 spiro atoms. The van der Waals surface area contributed by atoms with Crippen molar-refractivity contribution in [2.45, 2.75) is 20.0 Å². The van der Waals surface area contributed by atoms with Gasteiger partial charge < -0.3 is 10.6 Å². The number of hydrogen-bond donors (Lipinski definition) is 2. The Morgan fingerprint density at radius 3 is 2.95 bits per heavy atom. The first kappa shape index (κ1) is 14.3. The van der Waals surface area contributed by atoms with Crippen LogP contribution in [0.15, 0.2) is 30.5 Å². The molecule has 0 saturated carbocycles. The van der Waals surface area contributed by atoms with Crippen LogP contribution in [0.25, 0.3) is 0 Å². The van der Waals surface area contributed by atoms with E-state index in [0.29, 0.717) is 12.2 Å². The zero-order chi connectivity index (χ0) is 14.5. The fraction of sp³-hybridized carbons (Fsp3) is 0.231. The number of anilines is 1. The van der Waals surface area contributed by atoms with Crippen molar-refractivity contribution >= 4 is 23.3 Å². The lowest BCUT2D eigenvalue weighted by atomic mass is 10.3.